The number of rotatable bonds is 16. The molecule has 0 aliphatic rings. The molecule has 0 amide bonds. The summed E-state index contributed by atoms with van der Waals surface area (Å²) >= 11 is 0. The zero-order valence-corrected chi connectivity index (χ0v) is 22.1. The normalized spacial score (nSPS) is 11.0. The molecule has 3 rings (SSSR count). The van der Waals surface area contributed by atoms with Crippen molar-refractivity contribution >= 4 is 0 Å². The number of halogens is 1. The van der Waals surface area contributed by atoms with Gasteiger partial charge in [-0.15, -0.1) is 0 Å². The average Bonchev–Trinajstić information content (AvgIpc) is 3.29. The number of imidazole rings is 1. The molecule has 2 nitrogen and oxygen atoms in total. The Morgan fingerprint density at radius 1 is 0.636 bits per heavy atom. The number of benzene rings is 2. The highest BCUT2D eigenvalue weighted by Crippen LogP contribution is 2.25. The third-order valence-electron chi connectivity index (χ3n) is 6.51. The van der Waals surface area contributed by atoms with E-state index in [2.05, 4.69) is 95.4 Å². The van der Waals surface area contributed by atoms with Gasteiger partial charge in [0.1, 0.15) is 12.4 Å². The standard InChI is InChI=1S/C30H43N2.BrH/c1-2-3-4-5-6-7-8-9-10-11-12-19-24-31-25-26-32(27-31)30(28-20-15-13-16-21-28)29-22-17-14-18-23-29;/h13-18,20-23,25-27,30H,2-12,19,24H2,1H3;1H/q+1;/p-1. The van der Waals surface area contributed by atoms with Crippen LogP contribution in [0.25, 0.3) is 0 Å². The second-order valence-electron chi connectivity index (χ2n) is 9.21. The smallest absolute Gasteiger partial charge is 0.244 e. The molecule has 0 aliphatic heterocycles. The first kappa shape index (κ1) is 27.4. The van der Waals surface area contributed by atoms with Crippen molar-refractivity contribution in [1.29, 1.82) is 0 Å². The molecule has 180 valence electrons. The van der Waals surface area contributed by atoms with Crippen molar-refractivity contribution in [2.45, 2.75) is 96.6 Å². The van der Waals surface area contributed by atoms with Crippen molar-refractivity contribution in [2.24, 2.45) is 0 Å². The SMILES string of the molecule is CCCCCCCCCCCCCC[n+]1ccn(C(c2ccccc2)c2ccccc2)c1.[Br-]. The molecule has 0 atom stereocenters. The first-order chi connectivity index (χ1) is 15.9. The summed E-state index contributed by atoms with van der Waals surface area (Å²) < 4.78 is 4.71. The van der Waals surface area contributed by atoms with Gasteiger partial charge in [-0.3, -0.25) is 0 Å². The van der Waals surface area contributed by atoms with Crippen LogP contribution in [-0.2, 0) is 6.54 Å². The minimum absolute atomic E-state index is 0. The molecule has 0 N–H and O–H groups in total. The van der Waals surface area contributed by atoms with E-state index < -0.39 is 0 Å². The predicted octanol–water partition coefficient (Wildman–Crippen LogP) is 5.12. The van der Waals surface area contributed by atoms with Crippen LogP contribution in [-0.4, -0.2) is 4.57 Å². The Morgan fingerprint density at radius 3 is 1.58 bits per heavy atom. The molecule has 3 aromatic rings. The number of hydrogen-bond donors (Lipinski definition) is 0. The second kappa shape index (κ2) is 16.7. The molecule has 0 unspecified atom stereocenters. The van der Waals surface area contributed by atoms with Crippen LogP contribution in [0.3, 0.4) is 0 Å². The first-order valence-electron chi connectivity index (χ1n) is 13.0. The van der Waals surface area contributed by atoms with Crippen molar-refractivity contribution in [3.63, 3.8) is 0 Å². The highest BCUT2D eigenvalue weighted by Gasteiger charge is 2.21. The molecule has 1 aromatic heterocycles. The van der Waals surface area contributed by atoms with Crippen LogP contribution in [0.1, 0.15) is 101 Å². The minimum atomic E-state index is 0. The van der Waals surface area contributed by atoms with Gasteiger partial charge in [0, 0.05) is 11.1 Å². The first-order valence-corrected chi connectivity index (χ1v) is 13.0. The monoisotopic (exact) mass is 510 g/mol. The fourth-order valence-electron chi connectivity index (χ4n) is 4.64. The van der Waals surface area contributed by atoms with Gasteiger partial charge >= 0.3 is 0 Å². The average molecular weight is 512 g/mol. The summed E-state index contributed by atoms with van der Waals surface area (Å²) in [6.45, 7) is 3.40. The van der Waals surface area contributed by atoms with Crippen molar-refractivity contribution in [2.75, 3.05) is 0 Å². The van der Waals surface area contributed by atoms with Crippen LogP contribution >= 0.6 is 0 Å². The fourth-order valence-corrected chi connectivity index (χ4v) is 4.64. The zero-order chi connectivity index (χ0) is 22.3. The van der Waals surface area contributed by atoms with Gasteiger partial charge in [-0.1, -0.05) is 132 Å². The molecule has 1 heterocycles. The number of aryl methyl sites for hydroxylation is 1. The van der Waals surface area contributed by atoms with Gasteiger partial charge < -0.3 is 17.0 Å². The van der Waals surface area contributed by atoms with Gasteiger partial charge in [-0.25, -0.2) is 9.13 Å². The second-order valence-corrected chi connectivity index (χ2v) is 9.21. The van der Waals surface area contributed by atoms with Crippen LogP contribution in [0.4, 0.5) is 0 Å². The van der Waals surface area contributed by atoms with Crippen LogP contribution in [0, 0.1) is 0 Å². The molecular formula is C30H43BrN2. The lowest BCUT2D eigenvalue weighted by Gasteiger charge is -2.14. The van der Waals surface area contributed by atoms with Gasteiger partial charge in [0.05, 0.1) is 6.54 Å². The summed E-state index contributed by atoms with van der Waals surface area (Å²) in [4.78, 5) is 0. The van der Waals surface area contributed by atoms with Crippen molar-refractivity contribution in [3.05, 3.63) is 90.5 Å². The third kappa shape index (κ3) is 9.88. The maximum absolute atomic E-state index is 2.36. The Kier molecular flexibility index (Phi) is 13.9. The van der Waals surface area contributed by atoms with Crippen molar-refractivity contribution < 1.29 is 21.5 Å². The summed E-state index contributed by atoms with van der Waals surface area (Å²) in [6, 6.07) is 21.9. The largest absolute Gasteiger partial charge is 1.00 e. The molecule has 0 bridgehead atoms. The Labute approximate surface area is 212 Å². The molecule has 0 fully saturated rings. The summed E-state index contributed by atoms with van der Waals surface area (Å²) in [5, 5.41) is 0. The third-order valence-corrected chi connectivity index (χ3v) is 6.51. The summed E-state index contributed by atoms with van der Waals surface area (Å²) in [5.41, 5.74) is 2.65. The molecule has 0 saturated heterocycles. The Bertz CT molecular complexity index is 805. The summed E-state index contributed by atoms with van der Waals surface area (Å²) in [6.07, 6.45) is 23.5. The van der Waals surface area contributed by atoms with Gasteiger partial charge in [-0.05, 0) is 12.8 Å². The molecule has 2 aromatic carbocycles. The number of hydrogen-bond acceptors (Lipinski definition) is 0. The van der Waals surface area contributed by atoms with E-state index in [1.54, 1.807) is 0 Å². The Balaban J connectivity index is 0.00000385. The van der Waals surface area contributed by atoms with E-state index in [1.807, 2.05) is 0 Å². The maximum Gasteiger partial charge on any atom is 0.244 e. The lowest BCUT2D eigenvalue weighted by molar-refractivity contribution is -0.697. The molecule has 0 spiro atoms. The molecule has 0 radical (unpaired) electrons. The van der Waals surface area contributed by atoms with Crippen molar-refractivity contribution in [1.82, 2.24) is 4.57 Å². The van der Waals surface area contributed by atoms with E-state index in [4.69, 9.17) is 0 Å². The minimum Gasteiger partial charge on any atom is -1.00 e. The highest BCUT2D eigenvalue weighted by atomic mass is 79.9. The van der Waals surface area contributed by atoms with Crippen LogP contribution in [0.2, 0.25) is 0 Å². The fraction of sp³-hybridized carbons (Fsp3) is 0.500. The zero-order valence-electron chi connectivity index (χ0n) is 20.5. The van der Waals surface area contributed by atoms with E-state index in [-0.39, 0.29) is 23.0 Å². The van der Waals surface area contributed by atoms with Gasteiger partial charge in [0.2, 0.25) is 6.33 Å². The number of aromatic nitrogens is 2. The quantitative estimate of drug-likeness (QED) is 0.187. The van der Waals surface area contributed by atoms with Crippen LogP contribution < -0.4 is 21.5 Å². The lowest BCUT2D eigenvalue weighted by Crippen LogP contribution is -3.00. The lowest BCUT2D eigenvalue weighted by atomic mass is 9.99. The summed E-state index contributed by atoms with van der Waals surface area (Å²) in [7, 11) is 0. The van der Waals surface area contributed by atoms with E-state index in [9.17, 15) is 0 Å². The van der Waals surface area contributed by atoms with Crippen LogP contribution in [0.5, 0.6) is 0 Å². The predicted molar refractivity (Wildman–Crippen MR) is 136 cm³/mol. The van der Waals surface area contributed by atoms with E-state index in [0.717, 1.165) is 6.54 Å². The molecule has 33 heavy (non-hydrogen) atoms. The molecule has 3 heteroatoms. The summed E-state index contributed by atoms with van der Waals surface area (Å²) in [5.74, 6) is 0. The van der Waals surface area contributed by atoms with Crippen LogP contribution in [0.15, 0.2) is 79.4 Å². The molecule has 0 saturated carbocycles. The number of nitrogens with zero attached hydrogens (tertiary/aromatic N) is 2. The molecule has 0 aliphatic carbocycles. The Hall–Kier alpha value is -1.87. The van der Waals surface area contributed by atoms with Crippen molar-refractivity contribution in [3.8, 4) is 0 Å². The highest BCUT2D eigenvalue weighted by molar-refractivity contribution is 5.32. The Morgan fingerprint density at radius 2 is 1.09 bits per heavy atom. The van der Waals surface area contributed by atoms with E-state index in [1.165, 1.54) is 88.2 Å². The van der Waals surface area contributed by atoms with E-state index >= 15 is 0 Å². The molecular weight excluding hydrogens is 468 g/mol. The van der Waals surface area contributed by atoms with E-state index in [0.29, 0.717) is 0 Å². The topological polar surface area (TPSA) is 8.81 Å². The van der Waals surface area contributed by atoms with Gasteiger partial charge in [-0.2, -0.15) is 0 Å². The van der Waals surface area contributed by atoms with Gasteiger partial charge in [0.25, 0.3) is 0 Å². The maximum atomic E-state index is 2.36. The number of unbranched alkanes of at least 4 members (excludes halogenated alkanes) is 11. The van der Waals surface area contributed by atoms with Gasteiger partial charge in [0.15, 0.2) is 6.04 Å².